The van der Waals surface area contributed by atoms with Crippen LogP contribution in [0.15, 0.2) is 138 Å². The number of rotatable bonds is 10. The zero-order valence-corrected chi connectivity index (χ0v) is 28.9. The third-order valence-electron chi connectivity index (χ3n) is 8.15. The van der Waals surface area contributed by atoms with E-state index in [2.05, 4.69) is 10.6 Å². The molecule has 0 bridgehead atoms. The zero-order chi connectivity index (χ0) is 39.3. The molecule has 0 aliphatic rings. The first-order chi connectivity index (χ1) is 26.3. The molecule has 0 fully saturated rings. The lowest BCUT2D eigenvalue weighted by atomic mass is 10.0. The molecular formula is C41H26F7N3O3S. The molecule has 14 heteroatoms. The van der Waals surface area contributed by atoms with Crippen molar-refractivity contribution in [2.75, 3.05) is 10.6 Å². The first-order valence-electron chi connectivity index (χ1n) is 16.2. The van der Waals surface area contributed by atoms with Gasteiger partial charge in [-0.05, 0) is 64.4 Å². The van der Waals surface area contributed by atoms with Gasteiger partial charge in [-0.1, -0.05) is 91.0 Å². The number of benzene rings is 6. The van der Waals surface area contributed by atoms with Gasteiger partial charge in [0.15, 0.2) is 23.3 Å². The number of amides is 3. The summed E-state index contributed by atoms with van der Waals surface area (Å²) in [7, 11) is 0. The van der Waals surface area contributed by atoms with Crippen LogP contribution in [0.5, 0.6) is 0 Å². The highest BCUT2D eigenvalue weighted by Crippen LogP contribution is 2.41. The Morgan fingerprint density at radius 1 is 0.636 bits per heavy atom. The predicted molar refractivity (Wildman–Crippen MR) is 196 cm³/mol. The highest BCUT2D eigenvalue weighted by Gasteiger charge is 2.43. The topological polar surface area (TPSA) is 87.3 Å². The van der Waals surface area contributed by atoms with Crippen LogP contribution in [0, 0.1) is 23.3 Å². The number of anilines is 2. The smallest absolute Gasteiger partial charge is 0.321 e. The fourth-order valence-corrected chi connectivity index (χ4v) is 6.53. The molecule has 3 amide bonds. The number of hydrogen-bond acceptors (Lipinski definition) is 4. The second kappa shape index (κ2) is 16.3. The van der Waals surface area contributed by atoms with E-state index in [-0.39, 0.29) is 16.9 Å². The van der Waals surface area contributed by atoms with Crippen molar-refractivity contribution in [2.45, 2.75) is 16.3 Å². The SMILES string of the molecule is O=C(Nc1ccc(SC(C(=O)Nc2c(F)c(F)c(C(F)(F)F)c(F)c2F)c2ccccc2)cc1)/C(=C/c1cccc2ccccc12)NC(=O)c1ccccc1. The van der Waals surface area contributed by atoms with Gasteiger partial charge in [0, 0.05) is 16.1 Å². The molecule has 0 aromatic heterocycles. The van der Waals surface area contributed by atoms with Crippen molar-refractivity contribution in [1.29, 1.82) is 0 Å². The van der Waals surface area contributed by atoms with E-state index < -0.39 is 63.7 Å². The molecule has 0 radical (unpaired) electrons. The van der Waals surface area contributed by atoms with Crippen molar-refractivity contribution in [2.24, 2.45) is 0 Å². The van der Waals surface area contributed by atoms with Crippen molar-refractivity contribution in [1.82, 2.24) is 5.32 Å². The number of thioether (sulfide) groups is 1. The molecule has 6 aromatic rings. The van der Waals surface area contributed by atoms with E-state index in [1.54, 1.807) is 66.0 Å². The molecule has 6 aromatic carbocycles. The minimum absolute atomic E-state index is 0.0694. The monoisotopic (exact) mass is 773 g/mol. The van der Waals surface area contributed by atoms with Gasteiger partial charge in [0.25, 0.3) is 11.8 Å². The quantitative estimate of drug-likeness (QED) is 0.0560. The van der Waals surface area contributed by atoms with Gasteiger partial charge in [-0.2, -0.15) is 13.2 Å². The van der Waals surface area contributed by atoms with Crippen LogP contribution in [-0.2, 0) is 15.8 Å². The highest BCUT2D eigenvalue weighted by molar-refractivity contribution is 8.00. The highest BCUT2D eigenvalue weighted by atomic mass is 32.2. The van der Waals surface area contributed by atoms with E-state index in [9.17, 15) is 45.1 Å². The second-order valence-electron chi connectivity index (χ2n) is 11.8. The molecule has 0 aliphatic carbocycles. The fourth-order valence-electron chi connectivity index (χ4n) is 5.51. The summed E-state index contributed by atoms with van der Waals surface area (Å²) in [6, 6.07) is 35.0. The molecule has 6 nitrogen and oxygen atoms in total. The Bertz CT molecular complexity index is 2390. The fraction of sp³-hybridized carbons (Fsp3) is 0.0488. The minimum atomic E-state index is -5.75. The Kier molecular flexibility index (Phi) is 11.4. The first kappa shape index (κ1) is 38.3. The number of carbonyl (C=O) groups is 3. The van der Waals surface area contributed by atoms with Crippen LogP contribution in [0.3, 0.4) is 0 Å². The summed E-state index contributed by atoms with van der Waals surface area (Å²) in [5, 5.41) is 7.54. The summed E-state index contributed by atoms with van der Waals surface area (Å²) in [5.74, 6) is -12.7. The van der Waals surface area contributed by atoms with E-state index in [1.165, 1.54) is 36.4 Å². The Morgan fingerprint density at radius 3 is 1.85 bits per heavy atom. The lowest BCUT2D eigenvalue weighted by Crippen LogP contribution is -2.30. The number of hydrogen-bond donors (Lipinski definition) is 3. The molecule has 1 atom stereocenters. The first-order valence-corrected chi connectivity index (χ1v) is 17.1. The molecule has 3 N–H and O–H groups in total. The zero-order valence-electron chi connectivity index (χ0n) is 28.1. The van der Waals surface area contributed by atoms with Crippen LogP contribution < -0.4 is 16.0 Å². The lowest BCUT2D eigenvalue weighted by molar-refractivity contribution is -0.143. The van der Waals surface area contributed by atoms with Gasteiger partial charge in [0.05, 0.1) is 0 Å². The maximum Gasteiger partial charge on any atom is 0.422 e. The van der Waals surface area contributed by atoms with E-state index in [4.69, 9.17) is 0 Å². The molecule has 0 saturated carbocycles. The molecule has 0 aliphatic heterocycles. The summed E-state index contributed by atoms with van der Waals surface area (Å²) in [5.41, 5.74) is -3.04. The van der Waals surface area contributed by atoms with Crippen molar-refractivity contribution in [3.8, 4) is 0 Å². The van der Waals surface area contributed by atoms with Crippen LogP contribution in [-0.4, -0.2) is 17.7 Å². The number of nitrogens with one attached hydrogen (secondary N) is 3. The molecule has 6 rings (SSSR count). The van der Waals surface area contributed by atoms with Crippen LogP contribution in [0.4, 0.5) is 42.1 Å². The number of halogens is 7. The van der Waals surface area contributed by atoms with E-state index in [1.807, 2.05) is 36.4 Å². The largest absolute Gasteiger partial charge is 0.422 e. The van der Waals surface area contributed by atoms with Gasteiger partial charge in [0.2, 0.25) is 5.91 Å². The normalized spacial score (nSPS) is 12.2. The number of fused-ring (bicyclic) bond motifs is 1. The van der Waals surface area contributed by atoms with Gasteiger partial charge in [-0.25, -0.2) is 17.6 Å². The van der Waals surface area contributed by atoms with Crippen LogP contribution >= 0.6 is 11.8 Å². The van der Waals surface area contributed by atoms with E-state index in [0.717, 1.165) is 22.5 Å². The van der Waals surface area contributed by atoms with Crippen LogP contribution in [0.2, 0.25) is 0 Å². The molecule has 278 valence electrons. The number of carbonyl (C=O) groups excluding carboxylic acids is 3. The van der Waals surface area contributed by atoms with Crippen molar-refractivity contribution >= 4 is 57.7 Å². The maximum atomic E-state index is 14.7. The van der Waals surface area contributed by atoms with E-state index in [0.29, 0.717) is 16.0 Å². The molecule has 0 spiro atoms. The van der Waals surface area contributed by atoms with Crippen LogP contribution in [0.25, 0.3) is 16.8 Å². The lowest BCUT2D eigenvalue weighted by Gasteiger charge is -2.19. The molecule has 0 saturated heterocycles. The Balaban J connectivity index is 1.25. The third kappa shape index (κ3) is 8.71. The summed E-state index contributed by atoms with van der Waals surface area (Å²) >= 11 is 0.834. The Hall–Kier alpha value is -6.41. The molecular weight excluding hydrogens is 748 g/mol. The Labute approximate surface area is 313 Å². The van der Waals surface area contributed by atoms with Gasteiger partial charge in [0.1, 0.15) is 22.2 Å². The second-order valence-corrected chi connectivity index (χ2v) is 13.0. The van der Waals surface area contributed by atoms with Gasteiger partial charge in [-0.3, -0.25) is 14.4 Å². The van der Waals surface area contributed by atoms with Gasteiger partial charge >= 0.3 is 6.18 Å². The van der Waals surface area contributed by atoms with E-state index >= 15 is 0 Å². The predicted octanol–water partition coefficient (Wildman–Crippen LogP) is 10.3. The van der Waals surface area contributed by atoms with Crippen LogP contribution in [0.1, 0.15) is 32.3 Å². The van der Waals surface area contributed by atoms with Crippen molar-refractivity contribution < 1.29 is 45.1 Å². The summed E-state index contributed by atoms with van der Waals surface area (Å²) in [6.07, 6.45) is -4.21. The van der Waals surface area contributed by atoms with Crippen molar-refractivity contribution in [3.63, 3.8) is 0 Å². The maximum absolute atomic E-state index is 14.7. The summed E-state index contributed by atoms with van der Waals surface area (Å²) in [4.78, 5) is 40.6. The van der Waals surface area contributed by atoms with Gasteiger partial charge < -0.3 is 16.0 Å². The summed E-state index contributed by atoms with van der Waals surface area (Å²) < 4.78 is 97.2. The van der Waals surface area contributed by atoms with Crippen molar-refractivity contribution in [3.05, 3.63) is 179 Å². The minimum Gasteiger partial charge on any atom is -0.321 e. The Morgan fingerprint density at radius 2 is 1.22 bits per heavy atom. The molecule has 1 unspecified atom stereocenters. The standard InChI is InChI=1S/C41H26F7N3O3S/c42-32-31(41(46,47)48)33(43)35(45)36(34(32)44)51-40(54)37(24-11-3-1-4-12-24)55-28-20-18-27(19-21-28)49-39(53)30(50-38(52)25-13-5-2-6-14-25)22-26-16-9-15-23-10-7-8-17-29(23)26/h1-22,37H,(H,49,53)(H,50,52)(H,51,54)/b30-22-. The molecule has 55 heavy (non-hydrogen) atoms. The average Bonchev–Trinajstić information content (AvgIpc) is 3.18. The summed E-state index contributed by atoms with van der Waals surface area (Å²) in [6.45, 7) is 0. The molecule has 0 heterocycles. The third-order valence-corrected chi connectivity index (χ3v) is 9.42. The number of alkyl halides is 3. The average molecular weight is 774 g/mol. The van der Waals surface area contributed by atoms with Gasteiger partial charge in [-0.15, -0.1) is 11.8 Å².